The van der Waals surface area contributed by atoms with Crippen LogP contribution in [0, 0.1) is 0 Å². The molecular formula is C36H66O4. The molecule has 40 heavy (non-hydrogen) atoms. The number of rotatable bonds is 33. The highest BCUT2D eigenvalue weighted by Gasteiger charge is 1.97. The standard InChI is InChI=1S/C36H66O4/c37-35(38)33-31-29-27-25-23-21-19-17-15-13-11-9-7-5-3-1-2-4-6-8-10-12-14-16-18-20-22-24-26-28-30-32-34-36(39)40/h31-34H,1-30H2,(H,37,38)(H,39,40). The van der Waals surface area contributed by atoms with E-state index < -0.39 is 11.9 Å². The topological polar surface area (TPSA) is 74.6 Å². The average Bonchev–Trinajstić information content (AvgIpc) is 2.93. The second kappa shape index (κ2) is 33.6. The number of carboxylic acid groups (broad SMARTS) is 2. The first-order valence-corrected chi connectivity index (χ1v) is 17.4. The zero-order valence-corrected chi connectivity index (χ0v) is 26.2. The van der Waals surface area contributed by atoms with Gasteiger partial charge in [-0.3, -0.25) is 0 Å². The number of aliphatic carboxylic acids is 2. The van der Waals surface area contributed by atoms with E-state index in [0.717, 1.165) is 25.7 Å². The van der Waals surface area contributed by atoms with Crippen molar-refractivity contribution < 1.29 is 19.8 Å². The van der Waals surface area contributed by atoms with Crippen LogP contribution in [-0.2, 0) is 9.59 Å². The molecule has 0 saturated heterocycles. The van der Waals surface area contributed by atoms with Gasteiger partial charge in [0, 0.05) is 12.2 Å². The third-order valence-electron chi connectivity index (χ3n) is 8.01. The van der Waals surface area contributed by atoms with Crippen LogP contribution in [0.5, 0.6) is 0 Å². The Balaban J connectivity index is 3.07. The van der Waals surface area contributed by atoms with Crippen molar-refractivity contribution in [3.8, 4) is 0 Å². The maximum absolute atomic E-state index is 10.4. The summed E-state index contributed by atoms with van der Waals surface area (Å²) in [4.78, 5) is 20.8. The minimum atomic E-state index is -0.836. The summed E-state index contributed by atoms with van der Waals surface area (Å²) in [6.45, 7) is 0. The predicted molar refractivity (Wildman–Crippen MR) is 172 cm³/mol. The van der Waals surface area contributed by atoms with Crippen LogP contribution in [0.2, 0.25) is 0 Å². The SMILES string of the molecule is O=C(O)C=CCCCCCCCCCCCCCCCCCCCCCCCCCCCCCCC=CC(=O)O. The van der Waals surface area contributed by atoms with E-state index in [0.29, 0.717) is 0 Å². The first-order chi connectivity index (χ1) is 19.6. The van der Waals surface area contributed by atoms with E-state index in [1.54, 1.807) is 12.2 Å². The van der Waals surface area contributed by atoms with Crippen LogP contribution in [0.3, 0.4) is 0 Å². The highest BCUT2D eigenvalue weighted by molar-refractivity contribution is 5.79. The predicted octanol–water partition coefficient (Wildman–Crippen LogP) is 12.0. The third-order valence-corrected chi connectivity index (χ3v) is 8.01. The van der Waals surface area contributed by atoms with Crippen LogP contribution in [0.4, 0.5) is 0 Å². The van der Waals surface area contributed by atoms with Crippen molar-refractivity contribution in [2.45, 2.75) is 193 Å². The number of carbonyl (C=O) groups is 2. The molecule has 0 unspecified atom stereocenters. The molecule has 0 saturated carbocycles. The van der Waals surface area contributed by atoms with Gasteiger partial charge in [0.05, 0.1) is 0 Å². The van der Waals surface area contributed by atoms with E-state index in [9.17, 15) is 9.59 Å². The van der Waals surface area contributed by atoms with Gasteiger partial charge in [-0.2, -0.15) is 0 Å². The van der Waals surface area contributed by atoms with E-state index in [-0.39, 0.29) is 0 Å². The van der Waals surface area contributed by atoms with E-state index >= 15 is 0 Å². The van der Waals surface area contributed by atoms with Gasteiger partial charge in [0.1, 0.15) is 0 Å². The summed E-state index contributed by atoms with van der Waals surface area (Å²) in [5.74, 6) is -1.67. The van der Waals surface area contributed by atoms with E-state index in [1.165, 1.54) is 179 Å². The van der Waals surface area contributed by atoms with Crippen LogP contribution >= 0.6 is 0 Å². The minimum Gasteiger partial charge on any atom is -0.478 e. The lowest BCUT2D eigenvalue weighted by molar-refractivity contribution is -0.132. The molecule has 0 aromatic rings. The van der Waals surface area contributed by atoms with E-state index in [4.69, 9.17) is 10.2 Å². The first-order valence-electron chi connectivity index (χ1n) is 17.4. The van der Waals surface area contributed by atoms with Gasteiger partial charge < -0.3 is 10.2 Å². The van der Waals surface area contributed by atoms with Crippen molar-refractivity contribution in [3.05, 3.63) is 24.3 Å². The molecule has 0 fully saturated rings. The molecule has 0 bridgehead atoms. The van der Waals surface area contributed by atoms with Crippen molar-refractivity contribution in [3.63, 3.8) is 0 Å². The number of carboxylic acids is 2. The Kier molecular flexibility index (Phi) is 32.3. The van der Waals surface area contributed by atoms with Crippen molar-refractivity contribution in [1.82, 2.24) is 0 Å². The van der Waals surface area contributed by atoms with Gasteiger partial charge in [-0.15, -0.1) is 0 Å². The van der Waals surface area contributed by atoms with Gasteiger partial charge in [-0.1, -0.05) is 179 Å². The van der Waals surface area contributed by atoms with Crippen molar-refractivity contribution in [2.75, 3.05) is 0 Å². The molecule has 0 aromatic heterocycles. The summed E-state index contributed by atoms with van der Waals surface area (Å²) in [6, 6.07) is 0. The Morgan fingerprint density at radius 1 is 0.300 bits per heavy atom. The highest BCUT2D eigenvalue weighted by Crippen LogP contribution is 2.16. The molecule has 0 atom stereocenters. The molecule has 2 N–H and O–H groups in total. The lowest BCUT2D eigenvalue weighted by atomic mass is 10.0. The van der Waals surface area contributed by atoms with Crippen molar-refractivity contribution in [1.29, 1.82) is 0 Å². The molecule has 0 aliphatic carbocycles. The number of hydrogen-bond donors (Lipinski definition) is 2. The molecule has 0 amide bonds. The quantitative estimate of drug-likeness (QED) is 0.0616. The average molecular weight is 563 g/mol. The zero-order chi connectivity index (χ0) is 29.2. The lowest BCUT2D eigenvalue weighted by Gasteiger charge is -2.04. The smallest absolute Gasteiger partial charge is 0.327 e. The molecule has 0 aliphatic rings. The van der Waals surface area contributed by atoms with E-state index in [2.05, 4.69) is 0 Å². The third kappa shape index (κ3) is 36.4. The van der Waals surface area contributed by atoms with Crippen LogP contribution in [0.15, 0.2) is 24.3 Å². The van der Waals surface area contributed by atoms with E-state index in [1.807, 2.05) is 0 Å². The van der Waals surface area contributed by atoms with Gasteiger partial charge in [-0.05, 0) is 25.7 Å². The first kappa shape index (κ1) is 38.4. The van der Waals surface area contributed by atoms with Gasteiger partial charge in [-0.25, -0.2) is 9.59 Å². The number of allylic oxidation sites excluding steroid dienone is 2. The fourth-order valence-electron chi connectivity index (χ4n) is 5.49. The van der Waals surface area contributed by atoms with Crippen molar-refractivity contribution >= 4 is 11.9 Å². The summed E-state index contributed by atoms with van der Waals surface area (Å²) in [7, 11) is 0. The van der Waals surface area contributed by atoms with Crippen LogP contribution in [-0.4, -0.2) is 22.2 Å². The molecular weight excluding hydrogens is 496 g/mol. The molecule has 0 heterocycles. The Hall–Kier alpha value is -1.58. The normalized spacial score (nSPS) is 11.7. The molecule has 0 aromatic carbocycles. The molecule has 0 rings (SSSR count). The lowest BCUT2D eigenvalue weighted by Crippen LogP contribution is -1.86. The molecule has 4 heteroatoms. The van der Waals surface area contributed by atoms with Gasteiger partial charge in [0.25, 0.3) is 0 Å². The fraction of sp³-hybridized carbons (Fsp3) is 0.833. The van der Waals surface area contributed by atoms with Crippen LogP contribution < -0.4 is 0 Å². The molecule has 0 aliphatic heterocycles. The summed E-state index contributed by atoms with van der Waals surface area (Å²) in [6.07, 6.45) is 46.2. The maximum Gasteiger partial charge on any atom is 0.327 e. The summed E-state index contributed by atoms with van der Waals surface area (Å²) < 4.78 is 0. The van der Waals surface area contributed by atoms with Crippen molar-refractivity contribution in [2.24, 2.45) is 0 Å². The summed E-state index contributed by atoms with van der Waals surface area (Å²) in [5.41, 5.74) is 0. The molecule has 234 valence electrons. The Labute approximate surface area is 248 Å². The van der Waals surface area contributed by atoms with Crippen LogP contribution in [0.25, 0.3) is 0 Å². The highest BCUT2D eigenvalue weighted by atomic mass is 16.4. The molecule has 4 nitrogen and oxygen atoms in total. The molecule has 0 radical (unpaired) electrons. The van der Waals surface area contributed by atoms with Gasteiger partial charge in [0.15, 0.2) is 0 Å². The number of unbranched alkanes of at least 4 members (excludes halogenated alkanes) is 29. The summed E-state index contributed by atoms with van der Waals surface area (Å²) >= 11 is 0. The second-order valence-electron chi connectivity index (χ2n) is 12.0. The Morgan fingerprint density at radius 2 is 0.450 bits per heavy atom. The zero-order valence-electron chi connectivity index (χ0n) is 26.2. The fourth-order valence-corrected chi connectivity index (χ4v) is 5.49. The Morgan fingerprint density at radius 3 is 0.600 bits per heavy atom. The van der Waals surface area contributed by atoms with Crippen LogP contribution in [0.1, 0.15) is 193 Å². The monoisotopic (exact) mass is 562 g/mol. The largest absolute Gasteiger partial charge is 0.478 e. The van der Waals surface area contributed by atoms with Gasteiger partial charge >= 0.3 is 11.9 Å². The van der Waals surface area contributed by atoms with Gasteiger partial charge in [0.2, 0.25) is 0 Å². The Bertz CT molecular complexity index is 544. The maximum atomic E-state index is 10.4. The number of hydrogen-bond acceptors (Lipinski definition) is 2. The minimum absolute atomic E-state index is 0.836. The summed E-state index contributed by atoms with van der Waals surface area (Å²) in [5, 5.41) is 17.1. The molecule has 0 spiro atoms. The second-order valence-corrected chi connectivity index (χ2v) is 12.0.